The number of ether oxygens (including phenoxy) is 3. The number of carbonyl (C=O) groups excluding carboxylic acids is 2. The minimum atomic E-state index is -0.913. The number of nitrogens with one attached hydrogen (secondary N) is 1. The van der Waals surface area contributed by atoms with Crippen molar-refractivity contribution < 1.29 is 23.8 Å². The Bertz CT molecular complexity index is 745. The van der Waals surface area contributed by atoms with Gasteiger partial charge in [0, 0.05) is 6.54 Å². The van der Waals surface area contributed by atoms with E-state index >= 15 is 0 Å². The molecule has 1 N–H and O–H groups in total. The van der Waals surface area contributed by atoms with Crippen LogP contribution in [0, 0.1) is 0 Å². The molecule has 138 valence electrons. The summed E-state index contributed by atoms with van der Waals surface area (Å²) in [6.07, 6.45) is -0.913. The van der Waals surface area contributed by atoms with Crippen LogP contribution in [0.5, 0.6) is 11.5 Å². The van der Waals surface area contributed by atoms with Crippen LogP contribution in [-0.2, 0) is 16.1 Å². The summed E-state index contributed by atoms with van der Waals surface area (Å²) >= 11 is 0. The third-order valence-corrected chi connectivity index (χ3v) is 3.66. The topological polar surface area (TPSA) is 73.9 Å². The summed E-state index contributed by atoms with van der Waals surface area (Å²) in [6, 6.07) is 14.2. The minimum Gasteiger partial charge on any atom is -0.493 e. The van der Waals surface area contributed by atoms with Crippen LogP contribution in [0.4, 0.5) is 0 Å². The van der Waals surface area contributed by atoms with Gasteiger partial charge < -0.3 is 19.5 Å². The molecule has 0 aliphatic heterocycles. The molecule has 1 unspecified atom stereocenters. The molecule has 0 heterocycles. The van der Waals surface area contributed by atoms with E-state index in [2.05, 4.69) is 5.32 Å². The fraction of sp³-hybridized carbons (Fsp3) is 0.300. The first-order chi connectivity index (χ1) is 12.5. The van der Waals surface area contributed by atoms with E-state index in [0.717, 1.165) is 5.56 Å². The molecule has 0 aliphatic carbocycles. The van der Waals surface area contributed by atoms with Gasteiger partial charge in [0.1, 0.15) is 0 Å². The average Bonchev–Trinajstić information content (AvgIpc) is 2.67. The molecule has 0 spiro atoms. The summed E-state index contributed by atoms with van der Waals surface area (Å²) in [6.45, 7) is 4.25. The van der Waals surface area contributed by atoms with Crippen LogP contribution in [0.1, 0.15) is 29.8 Å². The second-order valence-corrected chi connectivity index (χ2v) is 5.55. The molecule has 6 heteroatoms. The van der Waals surface area contributed by atoms with Gasteiger partial charge in [-0.25, -0.2) is 4.79 Å². The Labute approximate surface area is 153 Å². The average molecular weight is 357 g/mol. The lowest BCUT2D eigenvalue weighted by molar-refractivity contribution is -0.129. The van der Waals surface area contributed by atoms with E-state index in [9.17, 15) is 9.59 Å². The van der Waals surface area contributed by atoms with Crippen LogP contribution in [0.3, 0.4) is 0 Å². The van der Waals surface area contributed by atoms with Crippen molar-refractivity contribution in [1.29, 1.82) is 0 Å². The van der Waals surface area contributed by atoms with E-state index in [1.165, 1.54) is 20.1 Å². The second kappa shape index (κ2) is 9.46. The molecule has 1 atom stereocenters. The Kier molecular flexibility index (Phi) is 7.02. The van der Waals surface area contributed by atoms with Crippen LogP contribution < -0.4 is 14.8 Å². The first-order valence-corrected chi connectivity index (χ1v) is 8.38. The SMILES string of the molecule is CCOc1ccc(C(=O)OC(C)C(=O)NCc2ccccc2)cc1OC. The van der Waals surface area contributed by atoms with Crippen molar-refractivity contribution >= 4 is 11.9 Å². The Balaban J connectivity index is 1.94. The third kappa shape index (κ3) is 5.24. The van der Waals surface area contributed by atoms with Crippen LogP contribution in [0.25, 0.3) is 0 Å². The van der Waals surface area contributed by atoms with E-state index in [0.29, 0.717) is 24.7 Å². The molecular formula is C20H23NO5. The third-order valence-electron chi connectivity index (χ3n) is 3.66. The quantitative estimate of drug-likeness (QED) is 0.735. The molecule has 0 aromatic heterocycles. The van der Waals surface area contributed by atoms with E-state index < -0.39 is 12.1 Å². The summed E-state index contributed by atoms with van der Waals surface area (Å²) in [7, 11) is 1.49. The lowest BCUT2D eigenvalue weighted by Crippen LogP contribution is -2.35. The predicted molar refractivity (Wildman–Crippen MR) is 97.3 cm³/mol. The number of carbonyl (C=O) groups is 2. The van der Waals surface area contributed by atoms with E-state index in [1.807, 2.05) is 37.3 Å². The number of methoxy groups -OCH3 is 1. The highest BCUT2D eigenvalue weighted by atomic mass is 16.5. The van der Waals surface area contributed by atoms with Crippen molar-refractivity contribution in [2.45, 2.75) is 26.5 Å². The van der Waals surface area contributed by atoms with Gasteiger partial charge in [-0.05, 0) is 37.6 Å². The monoisotopic (exact) mass is 357 g/mol. The van der Waals surface area contributed by atoms with Crippen molar-refractivity contribution in [3.05, 3.63) is 59.7 Å². The molecule has 2 aromatic rings. The number of amides is 1. The molecule has 1 amide bonds. The molecule has 0 saturated heterocycles. The fourth-order valence-corrected chi connectivity index (χ4v) is 2.28. The van der Waals surface area contributed by atoms with Gasteiger partial charge in [-0.1, -0.05) is 30.3 Å². The summed E-state index contributed by atoms with van der Waals surface area (Å²) in [4.78, 5) is 24.4. The summed E-state index contributed by atoms with van der Waals surface area (Å²) in [5.41, 5.74) is 1.25. The lowest BCUT2D eigenvalue weighted by Gasteiger charge is -2.15. The highest BCUT2D eigenvalue weighted by molar-refractivity contribution is 5.92. The maximum atomic E-state index is 12.3. The first-order valence-electron chi connectivity index (χ1n) is 8.38. The van der Waals surface area contributed by atoms with Gasteiger partial charge in [0.25, 0.3) is 5.91 Å². The van der Waals surface area contributed by atoms with Crippen LogP contribution >= 0.6 is 0 Å². The summed E-state index contributed by atoms with van der Waals surface area (Å²) in [5, 5.41) is 2.74. The molecule has 0 radical (unpaired) electrons. The van der Waals surface area contributed by atoms with Crippen molar-refractivity contribution in [3.63, 3.8) is 0 Å². The largest absolute Gasteiger partial charge is 0.493 e. The van der Waals surface area contributed by atoms with Crippen molar-refractivity contribution in [3.8, 4) is 11.5 Å². The standard InChI is InChI=1S/C20H23NO5/c1-4-25-17-11-10-16(12-18(17)24-3)20(23)26-14(2)19(22)21-13-15-8-6-5-7-9-15/h5-12,14H,4,13H2,1-3H3,(H,21,22). The van der Waals surface area contributed by atoms with Gasteiger partial charge in [0.15, 0.2) is 17.6 Å². The smallest absolute Gasteiger partial charge is 0.339 e. The van der Waals surface area contributed by atoms with Gasteiger partial charge in [0.05, 0.1) is 19.3 Å². The molecule has 0 aliphatic rings. The minimum absolute atomic E-state index is 0.285. The molecule has 26 heavy (non-hydrogen) atoms. The summed E-state index contributed by atoms with van der Waals surface area (Å²) in [5.74, 6) is 0.0106. The zero-order valence-electron chi connectivity index (χ0n) is 15.2. The molecule has 2 rings (SSSR count). The number of hydrogen-bond acceptors (Lipinski definition) is 5. The Morgan fingerprint density at radius 1 is 1.08 bits per heavy atom. The van der Waals surface area contributed by atoms with Crippen molar-refractivity contribution in [1.82, 2.24) is 5.32 Å². The van der Waals surface area contributed by atoms with Crippen LogP contribution in [-0.4, -0.2) is 31.7 Å². The zero-order valence-corrected chi connectivity index (χ0v) is 15.2. The van der Waals surface area contributed by atoms with Gasteiger partial charge in [-0.3, -0.25) is 4.79 Å². The second-order valence-electron chi connectivity index (χ2n) is 5.55. The Morgan fingerprint density at radius 2 is 1.81 bits per heavy atom. The Morgan fingerprint density at radius 3 is 2.46 bits per heavy atom. The zero-order chi connectivity index (χ0) is 18.9. The number of benzene rings is 2. The predicted octanol–water partition coefficient (Wildman–Crippen LogP) is 2.96. The van der Waals surface area contributed by atoms with E-state index in [1.54, 1.807) is 12.1 Å². The molecule has 0 saturated carbocycles. The van der Waals surface area contributed by atoms with E-state index in [4.69, 9.17) is 14.2 Å². The fourth-order valence-electron chi connectivity index (χ4n) is 2.28. The van der Waals surface area contributed by atoms with Gasteiger partial charge in [-0.15, -0.1) is 0 Å². The Hall–Kier alpha value is -3.02. The maximum absolute atomic E-state index is 12.3. The highest BCUT2D eigenvalue weighted by Gasteiger charge is 2.20. The van der Waals surface area contributed by atoms with Crippen molar-refractivity contribution in [2.75, 3.05) is 13.7 Å². The van der Waals surface area contributed by atoms with Gasteiger partial charge >= 0.3 is 5.97 Å². The molecule has 2 aromatic carbocycles. The van der Waals surface area contributed by atoms with Gasteiger partial charge in [-0.2, -0.15) is 0 Å². The molecule has 0 bridgehead atoms. The van der Waals surface area contributed by atoms with E-state index in [-0.39, 0.29) is 11.5 Å². The summed E-state index contributed by atoms with van der Waals surface area (Å²) < 4.78 is 15.9. The van der Waals surface area contributed by atoms with Crippen LogP contribution in [0.2, 0.25) is 0 Å². The molecule has 0 fully saturated rings. The lowest BCUT2D eigenvalue weighted by atomic mass is 10.2. The van der Waals surface area contributed by atoms with Gasteiger partial charge in [0.2, 0.25) is 0 Å². The number of esters is 1. The molecule has 6 nitrogen and oxygen atoms in total. The number of rotatable bonds is 8. The first kappa shape index (κ1) is 19.3. The molecular weight excluding hydrogens is 334 g/mol. The highest BCUT2D eigenvalue weighted by Crippen LogP contribution is 2.28. The maximum Gasteiger partial charge on any atom is 0.339 e. The van der Waals surface area contributed by atoms with Crippen molar-refractivity contribution in [2.24, 2.45) is 0 Å². The number of hydrogen-bond donors (Lipinski definition) is 1. The van der Waals surface area contributed by atoms with Crippen LogP contribution in [0.15, 0.2) is 48.5 Å². The normalized spacial score (nSPS) is 11.3.